The van der Waals surface area contributed by atoms with Gasteiger partial charge < -0.3 is 20.1 Å². The van der Waals surface area contributed by atoms with Crippen LogP contribution in [0.3, 0.4) is 0 Å². The lowest BCUT2D eigenvalue weighted by Gasteiger charge is -2.16. The lowest BCUT2D eigenvalue weighted by Crippen LogP contribution is -2.21. The van der Waals surface area contributed by atoms with Crippen molar-refractivity contribution in [3.8, 4) is 11.5 Å². The number of hydrogen-bond donors (Lipinski definition) is 2. The van der Waals surface area contributed by atoms with Crippen LogP contribution in [0.25, 0.3) is 0 Å². The van der Waals surface area contributed by atoms with E-state index in [1.165, 1.54) is 0 Å². The zero-order chi connectivity index (χ0) is 22.5. The summed E-state index contributed by atoms with van der Waals surface area (Å²) in [7, 11) is 0. The first-order chi connectivity index (χ1) is 13.8. The predicted octanol–water partition coefficient (Wildman–Crippen LogP) is 6.79. The Kier molecular flexibility index (Phi) is 8.06. The van der Waals surface area contributed by atoms with E-state index in [0.717, 1.165) is 22.7 Å². The van der Waals surface area contributed by atoms with Gasteiger partial charge in [-0.3, -0.25) is 0 Å². The molecule has 0 aliphatic rings. The smallest absolute Gasteiger partial charge is 0.422 e. The molecule has 13 heteroatoms. The van der Waals surface area contributed by atoms with Gasteiger partial charge in [-0.1, -0.05) is 27.5 Å². The van der Waals surface area contributed by atoms with Crippen molar-refractivity contribution in [3.63, 3.8) is 0 Å². The number of anilines is 2. The molecule has 0 aliphatic heterocycles. The maximum absolute atomic E-state index is 12.4. The van der Waals surface area contributed by atoms with Gasteiger partial charge in [-0.15, -0.1) is 0 Å². The van der Waals surface area contributed by atoms with Crippen LogP contribution in [0.1, 0.15) is 0 Å². The fourth-order valence-electron chi connectivity index (χ4n) is 2.02. The summed E-state index contributed by atoms with van der Waals surface area (Å²) in [4.78, 5) is 0. The number of nitrogens with one attached hydrogen (secondary N) is 2. The number of halogens is 8. The van der Waals surface area contributed by atoms with E-state index in [1.54, 1.807) is 18.2 Å². The van der Waals surface area contributed by atoms with E-state index in [2.05, 4.69) is 36.0 Å². The Morgan fingerprint density at radius 2 is 1.43 bits per heavy atom. The third-order valence-corrected chi connectivity index (χ3v) is 4.13. The molecule has 2 aromatic rings. The highest BCUT2D eigenvalue weighted by Crippen LogP contribution is 2.30. The van der Waals surface area contributed by atoms with Crippen LogP contribution in [0.15, 0.2) is 40.9 Å². The highest BCUT2D eigenvalue weighted by atomic mass is 79.9. The summed E-state index contributed by atoms with van der Waals surface area (Å²) in [6.45, 7) is -3.27. The lowest BCUT2D eigenvalue weighted by molar-refractivity contribution is -0.153. The van der Waals surface area contributed by atoms with Crippen LogP contribution in [0.2, 0.25) is 5.02 Å². The Labute approximate surface area is 185 Å². The van der Waals surface area contributed by atoms with E-state index >= 15 is 0 Å². The Bertz CT molecular complexity index is 875. The van der Waals surface area contributed by atoms with E-state index in [-0.39, 0.29) is 22.3 Å². The molecular weight excluding hydrogens is 526 g/mol. The van der Waals surface area contributed by atoms with E-state index in [4.69, 9.17) is 23.8 Å². The number of alkyl halides is 6. The molecule has 2 rings (SSSR count). The highest BCUT2D eigenvalue weighted by molar-refractivity contribution is 9.10. The van der Waals surface area contributed by atoms with Gasteiger partial charge in [0.15, 0.2) is 18.3 Å². The summed E-state index contributed by atoms with van der Waals surface area (Å²) in [5.74, 6) is -0.724. The second-order valence-corrected chi connectivity index (χ2v) is 7.44. The first-order valence-corrected chi connectivity index (χ1v) is 9.46. The van der Waals surface area contributed by atoms with Crippen LogP contribution in [-0.4, -0.2) is 30.7 Å². The molecule has 0 spiro atoms. The van der Waals surface area contributed by atoms with Gasteiger partial charge in [0.05, 0.1) is 10.7 Å². The number of benzene rings is 2. The van der Waals surface area contributed by atoms with Crippen molar-refractivity contribution in [2.75, 3.05) is 23.8 Å². The molecule has 0 saturated heterocycles. The number of rotatable bonds is 6. The monoisotopic (exact) mass is 536 g/mol. The van der Waals surface area contributed by atoms with E-state index in [1.807, 2.05) is 0 Å². The summed E-state index contributed by atoms with van der Waals surface area (Å²) in [5.41, 5.74) is 0.466. The van der Waals surface area contributed by atoms with E-state index < -0.39 is 25.6 Å². The van der Waals surface area contributed by atoms with E-state index in [0.29, 0.717) is 10.7 Å². The largest absolute Gasteiger partial charge is 0.484 e. The molecule has 30 heavy (non-hydrogen) atoms. The molecule has 0 aromatic heterocycles. The zero-order valence-corrected chi connectivity index (χ0v) is 17.8. The van der Waals surface area contributed by atoms with Crippen molar-refractivity contribution in [1.82, 2.24) is 0 Å². The van der Waals surface area contributed by atoms with Crippen LogP contribution >= 0.6 is 39.7 Å². The van der Waals surface area contributed by atoms with Gasteiger partial charge in [0.2, 0.25) is 0 Å². The Morgan fingerprint density at radius 3 is 1.90 bits per heavy atom. The summed E-state index contributed by atoms with van der Waals surface area (Å²) in [6.07, 6.45) is -9.27. The van der Waals surface area contributed by atoms with Gasteiger partial charge in [-0.05, 0) is 30.4 Å². The first kappa shape index (κ1) is 24.4. The molecule has 0 bridgehead atoms. The molecule has 0 aliphatic carbocycles. The van der Waals surface area contributed by atoms with E-state index in [9.17, 15) is 26.3 Å². The predicted molar refractivity (Wildman–Crippen MR) is 109 cm³/mol. The average Bonchev–Trinajstić information content (AvgIpc) is 2.59. The quantitative estimate of drug-likeness (QED) is 0.314. The molecule has 0 saturated carbocycles. The summed E-state index contributed by atoms with van der Waals surface area (Å²) in [5, 5.41) is 5.70. The van der Waals surface area contributed by atoms with Gasteiger partial charge in [0, 0.05) is 28.4 Å². The van der Waals surface area contributed by atoms with Crippen LogP contribution in [-0.2, 0) is 0 Å². The molecule has 4 nitrogen and oxygen atoms in total. The lowest BCUT2D eigenvalue weighted by atomic mass is 10.2. The summed E-state index contributed by atoms with van der Waals surface area (Å²) < 4.78 is 84.3. The number of thiocarbonyl (C=S) groups is 1. The van der Waals surface area contributed by atoms with Gasteiger partial charge in [-0.25, -0.2) is 0 Å². The third kappa shape index (κ3) is 8.84. The van der Waals surface area contributed by atoms with Crippen molar-refractivity contribution < 1.29 is 35.8 Å². The third-order valence-electron chi connectivity index (χ3n) is 3.12. The molecule has 2 aromatic carbocycles. The second-order valence-electron chi connectivity index (χ2n) is 5.70. The minimum absolute atomic E-state index is 0.0195. The summed E-state index contributed by atoms with van der Waals surface area (Å²) in [6, 6.07) is 8.06. The molecule has 164 valence electrons. The van der Waals surface area contributed by atoms with Gasteiger partial charge >= 0.3 is 12.4 Å². The van der Waals surface area contributed by atoms with Crippen molar-refractivity contribution in [2.45, 2.75) is 12.4 Å². The summed E-state index contributed by atoms with van der Waals surface area (Å²) >= 11 is 14.4. The highest BCUT2D eigenvalue weighted by Gasteiger charge is 2.30. The van der Waals surface area contributed by atoms with Crippen LogP contribution < -0.4 is 20.1 Å². The minimum Gasteiger partial charge on any atom is -0.484 e. The average molecular weight is 538 g/mol. The fourth-order valence-corrected chi connectivity index (χ4v) is 2.96. The topological polar surface area (TPSA) is 42.5 Å². The molecule has 0 amide bonds. The molecule has 2 N–H and O–H groups in total. The zero-order valence-electron chi connectivity index (χ0n) is 14.6. The van der Waals surface area contributed by atoms with Gasteiger partial charge in [-0.2, -0.15) is 26.3 Å². The molecule has 0 heterocycles. The molecule has 0 fully saturated rings. The van der Waals surface area contributed by atoms with Crippen molar-refractivity contribution in [2.24, 2.45) is 0 Å². The van der Waals surface area contributed by atoms with Crippen molar-refractivity contribution in [3.05, 3.63) is 45.9 Å². The maximum atomic E-state index is 12.4. The Balaban J connectivity index is 2.17. The Hall–Kier alpha value is -1.92. The fraction of sp³-hybridized carbons (Fsp3) is 0.235. The van der Waals surface area contributed by atoms with Crippen LogP contribution in [0, 0.1) is 0 Å². The van der Waals surface area contributed by atoms with Crippen molar-refractivity contribution >= 4 is 56.2 Å². The standard InChI is InChI=1S/C17H12BrClF6N2O2S/c18-9-1-2-14(13(19)3-9)27-15(30)26-10-4-11(28-7-16(20,21)22)6-12(5-10)29-8-17(23,24)25/h1-6H,7-8H2,(H2,26,27,30). The van der Waals surface area contributed by atoms with Crippen molar-refractivity contribution in [1.29, 1.82) is 0 Å². The van der Waals surface area contributed by atoms with Crippen LogP contribution in [0.5, 0.6) is 11.5 Å². The SMILES string of the molecule is FC(F)(F)COc1cc(NC(=S)Nc2ccc(Br)cc2Cl)cc(OCC(F)(F)F)c1. The first-order valence-electron chi connectivity index (χ1n) is 7.88. The number of hydrogen-bond acceptors (Lipinski definition) is 3. The van der Waals surface area contributed by atoms with Gasteiger partial charge in [0.25, 0.3) is 0 Å². The Morgan fingerprint density at radius 1 is 0.900 bits per heavy atom. The van der Waals surface area contributed by atoms with Gasteiger partial charge in [0.1, 0.15) is 11.5 Å². The number of ether oxygens (including phenoxy) is 2. The maximum Gasteiger partial charge on any atom is 0.422 e. The second kappa shape index (κ2) is 9.92. The molecular formula is C17H12BrClF6N2O2S. The minimum atomic E-state index is -4.63. The molecule has 0 radical (unpaired) electrons. The molecule has 0 atom stereocenters. The molecule has 0 unspecified atom stereocenters. The van der Waals surface area contributed by atoms with Crippen LogP contribution in [0.4, 0.5) is 37.7 Å². The normalized spacial score (nSPS) is 11.7.